The van der Waals surface area contributed by atoms with Gasteiger partial charge in [-0.25, -0.2) is 4.99 Å². The van der Waals surface area contributed by atoms with Crippen LogP contribution >= 0.6 is 24.0 Å². The molecule has 0 aliphatic carbocycles. The number of benzene rings is 1. The Bertz CT molecular complexity index is 677. The second kappa shape index (κ2) is 11.6. The second-order valence-electron chi connectivity index (χ2n) is 5.17. The number of nitrogens with zero attached hydrogens (tertiary/aromatic N) is 1. The molecule has 0 amide bonds. The zero-order valence-electron chi connectivity index (χ0n) is 15.2. The fraction of sp³-hybridized carbons (Fsp3) is 0.389. The number of anilines is 1. The Kier molecular flexibility index (Phi) is 9.89. The summed E-state index contributed by atoms with van der Waals surface area (Å²) in [4.78, 5) is 4.39. The van der Waals surface area contributed by atoms with E-state index < -0.39 is 6.10 Å². The standard InChI is InChI=1S/C18H25N3O4.HI/c1-4-19-18(20-12-14(22)15-7-6-10-25-15)21-13-8-9-16(24-5-2)17(11-13)23-3;/h6-11,14,22H,4-5,12H2,1-3H3,(H2,19,20,21);1H. The summed E-state index contributed by atoms with van der Waals surface area (Å²) in [5, 5.41) is 16.4. The van der Waals surface area contributed by atoms with Crippen LogP contribution < -0.4 is 20.1 Å². The Labute approximate surface area is 170 Å². The maximum atomic E-state index is 10.1. The van der Waals surface area contributed by atoms with Crippen molar-refractivity contribution in [3.8, 4) is 11.5 Å². The number of furan rings is 1. The van der Waals surface area contributed by atoms with Crippen molar-refractivity contribution in [3.63, 3.8) is 0 Å². The van der Waals surface area contributed by atoms with Gasteiger partial charge in [0.05, 0.1) is 26.5 Å². The van der Waals surface area contributed by atoms with Gasteiger partial charge in [-0.15, -0.1) is 24.0 Å². The lowest BCUT2D eigenvalue weighted by molar-refractivity contribution is 0.158. The fourth-order valence-corrected chi connectivity index (χ4v) is 2.21. The van der Waals surface area contributed by atoms with Crippen LogP contribution in [0.25, 0.3) is 0 Å². The molecule has 0 radical (unpaired) electrons. The predicted octanol–water partition coefficient (Wildman–Crippen LogP) is 3.42. The van der Waals surface area contributed by atoms with E-state index in [1.807, 2.05) is 32.0 Å². The van der Waals surface area contributed by atoms with Crippen molar-refractivity contribution in [1.29, 1.82) is 0 Å². The number of ether oxygens (including phenoxy) is 2. The average Bonchev–Trinajstić information content (AvgIpc) is 3.15. The number of nitrogens with one attached hydrogen (secondary N) is 2. The first kappa shape index (κ1) is 22.1. The van der Waals surface area contributed by atoms with E-state index in [1.165, 1.54) is 6.26 Å². The molecule has 2 aromatic rings. The summed E-state index contributed by atoms with van der Waals surface area (Å²) >= 11 is 0. The molecular weight excluding hydrogens is 449 g/mol. The number of aliphatic hydroxyl groups excluding tert-OH is 1. The van der Waals surface area contributed by atoms with Crippen LogP contribution in [0.5, 0.6) is 11.5 Å². The average molecular weight is 475 g/mol. The topological polar surface area (TPSA) is 88.3 Å². The smallest absolute Gasteiger partial charge is 0.195 e. The van der Waals surface area contributed by atoms with E-state index >= 15 is 0 Å². The molecule has 3 N–H and O–H groups in total. The number of guanidine groups is 1. The van der Waals surface area contributed by atoms with Crippen molar-refractivity contribution in [2.45, 2.75) is 20.0 Å². The monoisotopic (exact) mass is 475 g/mol. The van der Waals surface area contributed by atoms with Crippen LogP contribution in [-0.2, 0) is 0 Å². The SMILES string of the molecule is CCNC(=NCC(O)c1ccco1)Nc1ccc(OCC)c(OC)c1.I. The van der Waals surface area contributed by atoms with E-state index in [2.05, 4.69) is 15.6 Å². The molecular formula is C18H26IN3O4. The number of aliphatic imine (C=N–C) groups is 1. The molecule has 1 unspecified atom stereocenters. The van der Waals surface area contributed by atoms with Crippen LogP contribution in [-0.4, -0.2) is 37.9 Å². The van der Waals surface area contributed by atoms with E-state index in [0.29, 0.717) is 36.4 Å². The first-order chi connectivity index (χ1) is 12.2. The highest BCUT2D eigenvalue weighted by atomic mass is 127. The number of methoxy groups -OCH3 is 1. The highest BCUT2D eigenvalue weighted by Gasteiger charge is 2.11. The minimum Gasteiger partial charge on any atom is -0.493 e. The molecule has 0 aliphatic rings. The first-order valence-corrected chi connectivity index (χ1v) is 8.25. The van der Waals surface area contributed by atoms with E-state index in [9.17, 15) is 5.11 Å². The maximum Gasteiger partial charge on any atom is 0.195 e. The molecule has 26 heavy (non-hydrogen) atoms. The third-order valence-corrected chi connectivity index (χ3v) is 3.36. The summed E-state index contributed by atoms with van der Waals surface area (Å²) in [6, 6.07) is 9.01. The number of rotatable bonds is 8. The fourth-order valence-electron chi connectivity index (χ4n) is 2.21. The molecule has 1 aromatic heterocycles. The third kappa shape index (κ3) is 6.41. The molecule has 0 aliphatic heterocycles. The van der Waals surface area contributed by atoms with Crippen molar-refractivity contribution in [1.82, 2.24) is 5.32 Å². The van der Waals surface area contributed by atoms with Crippen molar-refractivity contribution in [2.24, 2.45) is 4.99 Å². The zero-order valence-corrected chi connectivity index (χ0v) is 17.5. The van der Waals surface area contributed by atoms with Crippen molar-refractivity contribution >= 4 is 35.6 Å². The normalized spacial score (nSPS) is 12.1. The summed E-state index contributed by atoms with van der Waals surface area (Å²) in [6.45, 7) is 5.33. The van der Waals surface area contributed by atoms with Gasteiger partial charge in [0.25, 0.3) is 0 Å². The Morgan fingerprint density at radius 2 is 2.08 bits per heavy atom. The van der Waals surface area contributed by atoms with Crippen LogP contribution in [0.1, 0.15) is 25.7 Å². The predicted molar refractivity (Wildman–Crippen MR) is 113 cm³/mol. The molecule has 0 saturated carbocycles. The summed E-state index contributed by atoms with van der Waals surface area (Å²) in [7, 11) is 1.60. The van der Waals surface area contributed by atoms with Crippen LogP contribution in [0, 0.1) is 0 Å². The number of hydrogen-bond donors (Lipinski definition) is 3. The molecule has 0 spiro atoms. The lowest BCUT2D eigenvalue weighted by atomic mass is 10.2. The van der Waals surface area contributed by atoms with Gasteiger partial charge < -0.3 is 29.6 Å². The van der Waals surface area contributed by atoms with E-state index in [1.54, 1.807) is 19.2 Å². The Morgan fingerprint density at radius 3 is 2.69 bits per heavy atom. The molecule has 8 heteroatoms. The molecule has 1 heterocycles. The Hall–Kier alpha value is -1.94. The minimum atomic E-state index is -0.791. The molecule has 0 bridgehead atoms. The first-order valence-electron chi connectivity index (χ1n) is 8.25. The quantitative estimate of drug-likeness (QED) is 0.308. The maximum absolute atomic E-state index is 10.1. The Balaban J connectivity index is 0.00000338. The van der Waals surface area contributed by atoms with Crippen LogP contribution in [0.15, 0.2) is 46.0 Å². The van der Waals surface area contributed by atoms with E-state index in [0.717, 1.165) is 5.69 Å². The molecule has 1 aromatic carbocycles. The molecule has 1 atom stereocenters. The van der Waals surface area contributed by atoms with Gasteiger partial charge in [0.15, 0.2) is 17.5 Å². The Morgan fingerprint density at radius 1 is 1.27 bits per heavy atom. The van der Waals surface area contributed by atoms with Gasteiger partial charge >= 0.3 is 0 Å². The molecule has 2 rings (SSSR count). The summed E-state index contributed by atoms with van der Waals surface area (Å²) in [5.74, 6) is 2.37. The summed E-state index contributed by atoms with van der Waals surface area (Å²) < 4.78 is 16.0. The summed E-state index contributed by atoms with van der Waals surface area (Å²) in [5.41, 5.74) is 0.799. The number of aliphatic hydroxyl groups is 1. The second-order valence-corrected chi connectivity index (χ2v) is 5.17. The molecule has 7 nitrogen and oxygen atoms in total. The van der Waals surface area contributed by atoms with Crippen molar-refractivity contribution in [3.05, 3.63) is 42.4 Å². The van der Waals surface area contributed by atoms with E-state index in [4.69, 9.17) is 13.9 Å². The summed E-state index contributed by atoms with van der Waals surface area (Å²) in [6.07, 6.45) is 0.734. The molecule has 0 fully saturated rings. The van der Waals surface area contributed by atoms with Gasteiger partial charge in [-0.1, -0.05) is 0 Å². The largest absolute Gasteiger partial charge is 0.493 e. The van der Waals surface area contributed by atoms with Gasteiger partial charge in [0.1, 0.15) is 11.9 Å². The van der Waals surface area contributed by atoms with Gasteiger partial charge in [0, 0.05) is 18.3 Å². The van der Waals surface area contributed by atoms with E-state index in [-0.39, 0.29) is 30.5 Å². The third-order valence-electron chi connectivity index (χ3n) is 3.36. The highest BCUT2D eigenvalue weighted by molar-refractivity contribution is 14.0. The van der Waals surface area contributed by atoms with Gasteiger partial charge in [0.2, 0.25) is 0 Å². The van der Waals surface area contributed by atoms with Gasteiger partial charge in [-0.05, 0) is 38.1 Å². The van der Waals surface area contributed by atoms with Crippen molar-refractivity contribution in [2.75, 3.05) is 32.1 Å². The zero-order chi connectivity index (χ0) is 18.1. The van der Waals surface area contributed by atoms with Crippen LogP contribution in [0.2, 0.25) is 0 Å². The minimum absolute atomic E-state index is 0. The molecule has 0 saturated heterocycles. The van der Waals surface area contributed by atoms with Gasteiger partial charge in [-0.2, -0.15) is 0 Å². The van der Waals surface area contributed by atoms with Crippen LogP contribution in [0.3, 0.4) is 0 Å². The lowest BCUT2D eigenvalue weighted by Gasteiger charge is -2.15. The van der Waals surface area contributed by atoms with Gasteiger partial charge in [-0.3, -0.25) is 0 Å². The number of hydrogen-bond acceptors (Lipinski definition) is 5. The lowest BCUT2D eigenvalue weighted by Crippen LogP contribution is -2.31. The number of halogens is 1. The van der Waals surface area contributed by atoms with Crippen molar-refractivity contribution < 1.29 is 19.0 Å². The van der Waals surface area contributed by atoms with Crippen LogP contribution in [0.4, 0.5) is 5.69 Å². The highest BCUT2D eigenvalue weighted by Crippen LogP contribution is 2.30. The molecule has 144 valence electrons.